The second kappa shape index (κ2) is 5.58. The normalized spacial score (nSPS) is 14.4. The number of rotatable bonds is 4. The van der Waals surface area contributed by atoms with Gasteiger partial charge in [-0.2, -0.15) is 0 Å². The lowest BCUT2D eigenvalue weighted by Gasteiger charge is -2.12. The number of hydrogen-bond acceptors (Lipinski definition) is 5. The molecule has 1 aliphatic rings. The zero-order valence-electron chi connectivity index (χ0n) is 9.94. The van der Waals surface area contributed by atoms with Gasteiger partial charge in [-0.1, -0.05) is 0 Å². The first-order chi connectivity index (χ1) is 8.61. The first-order valence-corrected chi connectivity index (χ1v) is 6.41. The average Bonchev–Trinajstić information content (AvgIpc) is 2.77. The summed E-state index contributed by atoms with van der Waals surface area (Å²) in [5, 5.41) is 0. The van der Waals surface area contributed by atoms with E-state index in [1.807, 2.05) is 6.07 Å². The SMILES string of the molecule is CCOC(=O)CC(N)c1cc(Br)c2c(c1)OCO2. The Morgan fingerprint density at radius 3 is 3.06 bits per heavy atom. The predicted octanol–water partition coefficient (Wildman–Crippen LogP) is 2.13. The second-order valence-corrected chi connectivity index (χ2v) is 4.71. The van der Waals surface area contributed by atoms with Crippen LogP contribution in [0.2, 0.25) is 0 Å². The van der Waals surface area contributed by atoms with Crippen molar-refractivity contribution in [1.82, 2.24) is 0 Å². The van der Waals surface area contributed by atoms with Gasteiger partial charge in [0.1, 0.15) is 0 Å². The van der Waals surface area contributed by atoms with Crippen LogP contribution in [0.4, 0.5) is 0 Å². The summed E-state index contributed by atoms with van der Waals surface area (Å²) in [6.07, 6.45) is 0.139. The Morgan fingerprint density at radius 2 is 2.33 bits per heavy atom. The third-order valence-corrected chi connectivity index (χ3v) is 3.16. The zero-order valence-corrected chi connectivity index (χ0v) is 11.5. The van der Waals surface area contributed by atoms with Crippen LogP contribution in [-0.2, 0) is 9.53 Å². The molecule has 0 amide bonds. The standard InChI is InChI=1S/C12H14BrNO4/c1-2-16-11(15)5-9(14)7-3-8(13)12-10(4-7)17-6-18-12/h3-4,9H,2,5-6,14H2,1H3. The number of fused-ring (bicyclic) bond motifs is 1. The van der Waals surface area contributed by atoms with E-state index in [9.17, 15) is 4.79 Å². The first-order valence-electron chi connectivity index (χ1n) is 5.62. The maximum atomic E-state index is 11.4. The number of benzene rings is 1. The lowest BCUT2D eigenvalue weighted by atomic mass is 10.0. The molecule has 1 atom stereocenters. The van der Waals surface area contributed by atoms with E-state index in [0.717, 1.165) is 10.0 Å². The number of carbonyl (C=O) groups is 1. The Labute approximate surface area is 113 Å². The van der Waals surface area contributed by atoms with Crippen molar-refractivity contribution in [2.24, 2.45) is 5.73 Å². The highest BCUT2D eigenvalue weighted by atomic mass is 79.9. The summed E-state index contributed by atoms with van der Waals surface area (Å²) >= 11 is 3.39. The van der Waals surface area contributed by atoms with E-state index >= 15 is 0 Å². The van der Waals surface area contributed by atoms with Gasteiger partial charge in [-0.15, -0.1) is 0 Å². The van der Waals surface area contributed by atoms with Crippen LogP contribution in [0.3, 0.4) is 0 Å². The minimum Gasteiger partial charge on any atom is -0.466 e. The van der Waals surface area contributed by atoms with Gasteiger partial charge in [0.25, 0.3) is 0 Å². The van der Waals surface area contributed by atoms with E-state index < -0.39 is 6.04 Å². The van der Waals surface area contributed by atoms with E-state index in [0.29, 0.717) is 18.1 Å². The predicted molar refractivity (Wildman–Crippen MR) is 68.4 cm³/mol. The molecule has 0 aromatic heterocycles. The Hall–Kier alpha value is -1.27. The van der Waals surface area contributed by atoms with Gasteiger partial charge >= 0.3 is 5.97 Å². The highest BCUT2D eigenvalue weighted by molar-refractivity contribution is 9.10. The van der Waals surface area contributed by atoms with Crippen molar-refractivity contribution in [1.29, 1.82) is 0 Å². The van der Waals surface area contributed by atoms with E-state index in [-0.39, 0.29) is 19.2 Å². The molecule has 5 nitrogen and oxygen atoms in total. The lowest BCUT2D eigenvalue weighted by Crippen LogP contribution is -2.17. The van der Waals surface area contributed by atoms with Crippen LogP contribution in [0.1, 0.15) is 24.9 Å². The zero-order chi connectivity index (χ0) is 13.1. The molecule has 6 heteroatoms. The van der Waals surface area contributed by atoms with Crippen molar-refractivity contribution in [2.75, 3.05) is 13.4 Å². The van der Waals surface area contributed by atoms with Crippen molar-refractivity contribution < 1.29 is 19.0 Å². The Balaban J connectivity index is 2.13. The minimum atomic E-state index is -0.421. The molecule has 1 heterocycles. The molecule has 0 fully saturated rings. The first kappa shape index (κ1) is 13.2. The summed E-state index contributed by atoms with van der Waals surface area (Å²) in [7, 11) is 0. The van der Waals surface area contributed by atoms with Crippen LogP contribution in [0.5, 0.6) is 11.5 Å². The fourth-order valence-electron chi connectivity index (χ4n) is 1.72. The molecule has 0 saturated carbocycles. The fraction of sp³-hybridized carbons (Fsp3) is 0.417. The fourth-order valence-corrected chi connectivity index (χ4v) is 2.29. The van der Waals surface area contributed by atoms with Crippen LogP contribution in [0.25, 0.3) is 0 Å². The molecule has 1 unspecified atom stereocenters. The van der Waals surface area contributed by atoms with Crippen LogP contribution in [0, 0.1) is 0 Å². The lowest BCUT2D eigenvalue weighted by molar-refractivity contribution is -0.143. The maximum absolute atomic E-state index is 11.4. The second-order valence-electron chi connectivity index (χ2n) is 3.85. The van der Waals surface area contributed by atoms with Crippen LogP contribution >= 0.6 is 15.9 Å². The topological polar surface area (TPSA) is 70.8 Å². The van der Waals surface area contributed by atoms with Crippen LogP contribution in [-0.4, -0.2) is 19.4 Å². The third kappa shape index (κ3) is 2.76. The molecule has 0 spiro atoms. The Kier molecular flexibility index (Phi) is 4.08. The monoisotopic (exact) mass is 315 g/mol. The van der Waals surface area contributed by atoms with Crippen molar-refractivity contribution in [3.05, 3.63) is 22.2 Å². The van der Waals surface area contributed by atoms with Crippen molar-refractivity contribution in [3.63, 3.8) is 0 Å². The minimum absolute atomic E-state index is 0.139. The molecule has 18 heavy (non-hydrogen) atoms. The van der Waals surface area contributed by atoms with Crippen molar-refractivity contribution in [2.45, 2.75) is 19.4 Å². The van der Waals surface area contributed by atoms with E-state index in [1.54, 1.807) is 13.0 Å². The number of carbonyl (C=O) groups excluding carboxylic acids is 1. The molecule has 98 valence electrons. The number of halogens is 1. The summed E-state index contributed by atoms with van der Waals surface area (Å²) < 4.78 is 16.2. The summed E-state index contributed by atoms with van der Waals surface area (Å²) in [5.41, 5.74) is 6.78. The number of ether oxygens (including phenoxy) is 3. The molecular formula is C12H14BrNO4. The van der Waals surface area contributed by atoms with Crippen molar-refractivity contribution in [3.8, 4) is 11.5 Å². The van der Waals surface area contributed by atoms with Crippen LogP contribution in [0.15, 0.2) is 16.6 Å². The summed E-state index contributed by atoms with van der Waals surface area (Å²) in [6.45, 7) is 2.32. The molecule has 0 saturated heterocycles. The molecule has 1 aromatic rings. The maximum Gasteiger partial charge on any atom is 0.307 e. The molecule has 1 aliphatic heterocycles. The quantitative estimate of drug-likeness (QED) is 0.862. The third-order valence-electron chi connectivity index (χ3n) is 2.57. The number of esters is 1. The molecular weight excluding hydrogens is 302 g/mol. The smallest absolute Gasteiger partial charge is 0.307 e. The molecule has 0 bridgehead atoms. The van der Waals surface area contributed by atoms with Gasteiger partial charge in [0.15, 0.2) is 11.5 Å². The van der Waals surface area contributed by atoms with Gasteiger partial charge in [0, 0.05) is 6.04 Å². The number of nitrogens with two attached hydrogens (primary N) is 1. The summed E-state index contributed by atoms with van der Waals surface area (Å²) in [4.78, 5) is 11.4. The highest BCUT2D eigenvalue weighted by Gasteiger charge is 2.21. The average molecular weight is 316 g/mol. The molecule has 2 rings (SSSR count). The van der Waals surface area contributed by atoms with Gasteiger partial charge in [-0.05, 0) is 40.5 Å². The Morgan fingerprint density at radius 1 is 1.56 bits per heavy atom. The number of hydrogen-bond donors (Lipinski definition) is 1. The van der Waals surface area contributed by atoms with Crippen molar-refractivity contribution >= 4 is 21.9 Å². The van der Waals surface area contributed by atoms with E-state index in [1.165, 1.54) is 0 Å². The largest absolute Gasteiger partial charge is 0.466 e. The van der Waals surface area contributed by atoms with E-state index in [4.69, 9.17) is 19.9 Å². The van der Waals surface area contributed by atoms with Gasteiger partial charge < -0.3 is 19.9 Å². The van der Waals surface area contributed by atoms with Gasteiger partial charge in [0.2, 0.25) is 6.79 Å². The molecule has 2 N–H and O–H groups in total. The molecule has 1 aromatic carbocycles. The highest BCUT2D eigenvalue weighted by Crippen LogP contribution is 2.41. The van der Waals surface area contributed by atoms with Gasteiger partial charge in [-0.3, -0.25) is 4.79 Å². The van der Waals surface area contributed by atoms with E-state index in [2.05, 4.69) is 15.9 Å². The Bertz CT molecular complexity index is 464. The molecule has 0 aliphatic carbocycles. The summed E-state index contributed by atoms with van der Waals surface area (Å²) in [6, 6.07) is 3.20. The molecule has 0 radical (unpaired) electrons. The van der Waals surface area contributed by atoms with Gasteiger partial charge in [-0.25, -0.2) is 0 Å². The van der Waals surface area contributed by atoms with Crippen LogP contribution < -0.4 is 15.2 Å². The summed E-state index contributed by atoms with van der Waals surface area (Å²) in [5.74, 6) is 1.000. The van der Waals surface area contributed by atoms with Gasteiger partial charge in [0.05, 0.1) is 17.5 Å².